The Hall–Kier alpha value is -4.43. The molecule has 3 heterocycles. The van der Waals surface area contributed by atoms with E-state index in [-0.39, 0.29) is 34.8 Å². The predicted molar refractivity (Wildman–Crippen MR) is 161 cm³/mol. The number of nitrogens with one attached hydrogen (secondary N) is 2. The smallest absolute Gasteiger partial charge is 0.232 e. The lowest BCUT2D eigenvalue weighted by Gasteiger charge is -2.15. The van der Waals surface area contributed by atoms with Gasteiger partial charge in [0.25, 0.3) is 0 Å². The number of rotatable bonds is 10. The van der Waals surface area contributed by atoms with E-state index < -0.39 is 45.3 Å². The van der Waals surface area contributed by atoms with Crippen LogP contribution in [0.25, 0.3) is 44.5 Å². The molecular weight excluding hydrogens is 585 g/mol. The molecule has 0 atom stereocenters. The second kappa shape index (κ2) is 13.7. The molecular formula is C29H31F3N6O4S. The molecule has 2 aromatic carbocycles. The minimum atomic E-state index is -4.05. The van der Waals surface area contributed by atoms with Gasteiger partial charge in [0.05, 0.1) is 30.8 Å². The second-order valence-corrected chi connectivity index (χ2v) is 11.0. The van der Waals surface area contributed by atoms with Crippen LogP contribution >= 0.6 is 0 Å². The standard InChI is InChI=1S/C25H21F3N6O3S.C4H10O/c1-37-19-11-14(20-17(27)3-4-18(21(20)28)34-38(35,36)8-2-6-26)10-16-22(19)32-25(33-23(16)29)15-9-13-5-7-30-24(13)31-12-15;1-3-5-4-2/h3-5,7,9-12,34H,2,6,8H2,1H3,(H,30,31)(H2,29,32,33);3-4H2,1-2H3. The summed E-state index contributed by atoms with van der Waals surface area (Å²) in [4.78, 5) is 16.3. The molecule has 4 N–H and O–H groups in total. The average molecular weight is 617 g/mol. The molecule has 0 unspecified atom stereocenters. The third-order valence-corrected chi connectivity index (χ3v) is 7.63. The van der Waals surface area contributed by atoms with Crippen molar-refractivity contribution in [3.05, 3.63) is 60.4 Å². The number of pyridine rings is 1. The maximum atomic E-state index is 15.4. The van der Waals surface area contributed by atoms with E-state index in [4.69, 9.17) is 15.2 Å². The molecule has 0 saturated heterocycles. The first-order valence-electron chi connectivity index (χ1n) is 13.3. The lowest BCUT2D eigenvalue weighted by molar-refractivity contribution is 0.162. The molecule has 0 saturated carbocycles. The molecule has 3 aromatic heterocycles. The first-order valence-corrected chi connectivity index (χ1v) is 15.0. The summed E-state index contributed by atoms with van der Waals surface area (Å²) in [7, 11) is -2.68. The normalized spacial score (nSPS) is 11.4. The van der Waals surface area contributed by atoms with Gasteiger partial charge in [0.2, 0.25) is 10.0 Å². The largest absolute Gasteiger partial charge is 0.494 e. The summed E-state index contributed by atoms with van der Waals surface area (Å²) in [6, 6.07) is 8.34. The summed E-state index contributed by atoms with van der Waals surface area (Å²) in [5.41, 5.74) is 6.88. The van der Waals surface area contributed by atoms with E-state index in [1.165, 1.54) is 19.2 Å². The number of H-pyrrole nitrogens is 1. The van der Waals surface area contributed by atoms with Gasteiger partial charge < -0.3 is 20.2 Å². The Labute approximate surface area is 246 Å². The van der Waals surface area contributed by atoms with E-state index in [1.54, 1.807) is 12.4 Å². The third kappa shape index (κ3) is 7.14. The molecule has 0 aliphatic heterocycles. The lowest BCUT2D eigenvalue weighted by Crippen LogP contribution is -2.18. The molecule has 5 aromatic rings. The number of benzene rings is 2. The van der Waals surface area contributed by atoms with Crippen LogP contribution in [-0.2, 0) is 14.8 Å². The van der Waals surface area contributed by atoms with Crippen LogP contribution < -0.4 is 15.2 Å². The lowest BCUT2D eigenvalue weighted by atomic mass is 10.0. The van der Waals surface area contributed by atoms with Gasteiger partial charge in [-0.2, -0.15) is 0 Å². The first kappa shape index (κ1) is 31.5. The van der Waals surface area contributed by atoms with Gasteiger partial charge in [-0.3, -0.25) is 9.11 Å². The summed E-state index contributed by atoms with van der Waals surface area (Å²) in [6.07, 6.45) is 3.08. The summed E-state index contributed by atoms with van der Waals surface area (Å²) >= 11 is 0. The average Bonchev–Trinajstić information content (AvgIpc) is 3.46. The summed E-state index contributed by atoms with van der Waals surface area (Å²) in [5, 5.41) is 1.12. The fraction of sp³-hybridized carbons (Fsp3) is 0.276. The van der Waals surface area contributed by atoms with Crippen molar-refractivity contribution in [1.29, 1.82) is 0 Å². The molecule has 43 heavy (non-hydrogen) atoms. The fourth-order valence-electron chi connectivity index (χ4n) is 4.28. The van der Waals surface area contributed by atoms with Crippen molar-refractivity contribution in [3.8, 4) is 28.3 Å². The number of anilines is 2. The van der Waals surface area contributed by atoms with Crippen LogP contribution in [0.4, 0.5) is 24.7 Å². The van der Waals surface area contributed by atoms with E-state index in [0.29, 0.717) is 16.7 Å². The van der Waals surface area contributed by atoms with E-state index in [1.807, 2.05) is 30.7 Å². The van der Waals surface area contributed by atoms with Gasteiger partial charge in [0.1, 0.15) is 28.5 Å². The monoisotopic (exact) mass is 616 g/mol. The maximum Gasteiger partial charge on any atom is 0.232 e. The number of sulfonamides is 1. The Kier molecular flexibility index (Phi) is 10.0. The number of aromatic amines is 1. The Morgan fingerprint density at radius 1 is 1.05 bits per heavy atom. The molecule has 5 rings (SSSR count). The van der Waals surface area contributed by atoms with E-state index >= 15 is 4.39 Å². The minimum absolute atomic E-state index is 0.0209. The second-order valence-electron chi connectivity index (χ2n) is 9.18. The highest BCUT2D eigenvalue weighted by molar-refractivity contribution is 7.92. The number of nitrogens with two attached hydrogens (primary N) is 1. The molecule has 0 spiro atoms. The quantitative estimate of drug-likeness (QED) is 0.177. The Bertz CT molecular complexity index is 1850. The zero-order valence-corrected chi connectivity index (χ0v) is 24.6. The van der Waals surface area contributed by atoms with Crippen LogP contribution in [0, 0.1) is 11.6 Å². The van der Waals surface area contributed by atoms with Gasteiger partial charge in [-0.1, -0.05) is 0 Å². The highest BCUT2D eigenvalue weighted by Gasteiger charge is 2.22. The first-order chi connectivity index (χ1) is 20.6. The maximum absolute atomic E-state index is 15.4. The number of ether oxygens (including phenoxy) is 2. The fourth-order valence-corrected chi connectivity index (χ4v) is 5.36. The summed E-state index contributed by atoms with van der Waals surface area (Å²) in [5.74, 6) is -2.18. The molecule has 228 valence electrons. The van der Waals surface area contributed by atoms with Crippen molar-refractivity contribution in [2.24, 2.45) is 0 Å². The number of methoxy groups -OCH3 is 1. The Morgan fingerprint density at radius 2 is 1.81 bits per heavy atom. The third-order valence-electron chi connectivity index (χ3n) is 6.27. The molecule has 14 heteroatoms. The van der Waals surface area contributed by atoms with E-state index in [0.717, 1.165) is 30.7 Å². The molecule has 0 amide bonds. The van der Waals surface area contributed by atoms with Crippen LogP contribution in [0.3, 0.4) is 0 Å². The number of nitrogens with zero attached hydrogens (tertiary/aromatic N) is 3. The number of halogens is 3. The highest BCUT2D eigenvalue weighted by atomic mass is 32.2. The number of fused-ring (bicyclic) bond motifs is 2. The molecule has 0 bridgehead atoms. The Balaban J connectivity index is 0.000000782. The topological polar surface area (TPSA) is 145 Å². The van der Waals surface area contributed by atoms with Gasteiger partial charge in [-0.15, -0.1) is 0 Å². The van der Waals surface area contributed by atoms with Crippen LogP contribution in [0.15, 0.2) is 48.8 Å². The van der Waals surface area contributed by atoms with E-state index in [9.17, 15) is 17.2 Å². The number of hydrogen-bond acceptors (Lipinski definition) is 8. The van der Waals surface area contributed by atoms with Crippen molar-refractivity contribution < 1.29 is 31.1 Å². The van der Waals surface area contributed by atoms with Gasteiger partial charge in [-0.05, 0) is 62.2 Å². The zero-order valence-electron chi connectivity index (χ0n) is 23.7. The minimum Gasteiger partial charge on any atom is -0.494 e. The zero-order chi connectivity index (χ0) is 31.1. The predicted octanol–water partition coefficient (Wildman–Crippen LogP) is 5.85. The van der Waals surface area contributed by atoms with Crippen molar-refractivity contribution in [2.45, 2.75) is 20.3 Å². The van der Waals surface area contributed by atoms with Crippen molar-refractivity contribution >= 4 is 43.5 Å². The van der Waals surface area contributed by atoms with Crippen LogP contribution in [-0.4, -0.2) is 61.1 Å². The molecule has 0 fully saturated rings. The van der Waals surface area contributed by atoms with Crippen molar-refractivity contribution in [1.82, 2.24) is 19.9 Å². The van der Waals surface area contributed by atoms with Gasteiger partial charge in [-0.25, -0.2) is 32.2 Å². The Morgan fingerprint density at radius 3 is 2.49 bits per heavy atom. The van der Waals surface area contributed by atoms with Crippen LogP contribution in [0.1, 0.15) is 20.3 Å². The van der Waals surface area contributed by atoms with E-state index in [2.05, 4.69) is 19.9 Å². The number of aromatic nitrogens is 4. The van der Waals surface area contributed by atoms with Gasteiger partial charge in [0, 0.05) is 41.9 Å². The summed E-state index contributed by atoms with van der Waals surface area (Å²) in [6.45, 7) is 4.82. The number of hydrogen-bond donors (Lipinski definition) is 3. The number of alkyl halides is 1. The SMILES string of the molecule is CCOCC.COc1cc(-c2c(F)ccc(NS(=O)(=O)CCCF)c2F)cc2c(N)nc(-c3cnc4[nH]ccc4c3)nc12. The number of nitrogen functional groups attached to an aromatic ring is 1. The highest BCUT2D eigenvalue weighted by Crippen LogP contribution is 2.38. The van der Waals surface area contributed by atoms with Crippen molar-refractivity contribution in [2.75, 3.05) is 43.2 Å². The van der Waals surface area contributed by atoms with Gasteiger partial charge >= 0.3 is 0 Å². The van der Waals surface area contributed by atoms with Crippen molar-refractivity contribution in [3.63, 3.8) is 0 Å². The molecule has 10 nitrogen and oxygen atoms in total. The molecule has 0 radical (unpaired) electrons. The van der Waals surface area contributed by atoms with Gasteiger partial charge in [0.15, 0.2) is 11.6 Å². The molecule has 0 aliphatic carbocycles. The molecule has 0 aliphatic rings. The summed E-state index contributed by atoms with van der Waals surface area (Å²) < 4.78 is 79.5. The van der Waals surface area contributed by atoms with Crippen LogP contribution in [0.2, 0.25) is 0 Å². The van der Waals surface area contributed by atoms with Crippen LogP contribution in [0.5, 0.6) is 5.75 Å².